The lowest BCUT2D eigenvalue weighted by Crippen LogP contribution is -2.31. The van der Waals surface area contributed by atoms with Crippen LogP contribution in [0.25, 0.3) is 5.69 Å². The Morgan fingerprint density at radius 1 is 1.19 bits per heavy atom. The largest absolute Gasteiger partial charge is 0.497 e. The number of rotatable bonds is 6. The van der Waals surface area contributed by atoms with Gasteiger partial charge in [-0.05, 0) is 48.9 Å². The maximum absolute atomic E-state index is 12.7. The van der Waals surface area contributed by atoms with Gasteiger partial charge in [-0.25, -0.2) is 5.43 Å². The zero-order chi connectivity index (χ0) is 23.3. The van der Waals surface area contributed by atoms with E-state index in [1.807, 2.05) is 49.3 Å². The molecule has 9 heteroatoms. The highest BCUT2D eigenvalue weighted by Crippen LogP contribution is 2.15. The number of methoxy groups -OCH3 is 1. The first-order chi connectivity index (χ1) is 15.3. The monoisotopic (exact) mass is 430 g/mol. The minimum atomic E-state index is -0.637. The first kappa shape index (κ1) is 22.2. The summed E-state index contributed by atoms with van der Waals surface area (Å²) in [6.45, 7) is 1.50. The topological polar surface area (TPSA) is 113 Å². The van der Waals surface area contributed by atoms with Gasteiger partial charge < -0.3 is 9.64 Å². The molecule has 0 spiro atoms. The van der Waals surface area contributed by atoms with Gasteiger partial charge in [-0.3, -0.25) is 9.59 Å². The van der Waals surface area contributed by atoms with E-state index in [-0.39, 0.29) is 16.8 Å². The van der Waals surface area contributed by atoms with Crippen LogP contribution in [0.5, 0.6) is 5.75 Å². The van der Waals surface area contributed by atoms with Gasteiger partial charge in [0.25, 0.3) is 11.5 Å². The number of nitrogens with one attached hydrogen (secondary N) is 1. The minimum absolute atomic E-state index is 0.0722. The van der Waals surface area contributed by atoms with Gasteiger partial charge >= 0.3 is 0 Å². The van der Waals surface area contributed by atoms with Crippen LogP contribution in [0.2, 0.25) is 0 Å². The molecule has 0 aliphatic carbocycles. The van der Waals surface area contributed by atoms with Crippen molar-refractivity contribution >= 4 is 17.8 Å². The predicted octanol–water partition coefficient (Wildman–Crippen LogP) is 2.25. The molecule has 0 aliphatic rings. The number of nitrogens with zero attached hydrogens (tertiary/aromatic N) is 5. The molecule has 1 heterocycles. The number of benzene rings is 2. The average Bonchev–Trinajstić information content (AvgIpc) is 2.80. The third-order valence-electron chi connectivity index (χ3n) is 4.77. The van der Waals surface area contributed by atoms with Crippen molar-refractivity contribution in [2.24, 2.45) is 5.10 Å². The van der Waals surface area contributed by atoms with Crippen molar-refractivity contribution in [3.8, 4) is 17.5 Å². The minimum Gasteiger partial charge on any atom is -0.497 e. The lowest BCUT2D eigenvalue weighted by Gasteiger charge is -2.12. The third kappa shape index (κ3) is 4.65. The number of carbonyl (C=O) groups excluding carboxylic acids is 1. The van der Waals surface area contributed by atoms with E-state index in [0.717, 1.165) is 15.9 Å². The molecule has 2 aromatic carbocycles. The Hall–Kier alpha value is -4.45. The number of ether oxygens (including phenoxy) is 1. The molecule has 3 rings (SSSR count). The molecule has 0 aliphatic heterocycles. The molecular weight excluding hydrogens is 408 g/mol. The zero-order valence-corrected chi connectivity index (χ0v) is 18.2. The Morgan fingerprint density at radius 3 is 2.41 bits per heavy atom. The number of amides is 1. The first-order valence-electron chi connectivity index (χ1n) is 9.65. The SMILES string of the molecule is COc1ccc(-n2nc(C(=O)N/N=C/c3ccc(N(C)C)cc3)c(C)c(C#N)c2=O)cc1. The number of hydrogen-bond donors (Lipinski definition) is 1. The molecule has 3 aromatic rings. The summed E-state index contributed by atoms with van der Waals surface area (Å²) < 4.78 is 6.14. The second-order valence-electron chi connectivity index (χ2n) is 7.06. The fourth-order valence-electron chi connectivity index (χ4n) is 2.93. The van der Waals surface area contributed by atoms with Gasteiger partial charge in [0.15, 0.2) is 5.69 Å². The molecule has 1 aromatic heterocycles. The van der Waals surface area contributed by atoms with Gasteiger partial charge in [0.1, 0.15) is 17.4 Å². The van der Waals surface area contributed by atoms with Crippen molar-refractivity contribution in [2.75, 3.05) is 26.1 Å². The highest BCUT2D eigenvalue weighted by molar-refractivity contribution is 5.94. The van der Waals surface area contributed by atoms with Gasteiger partial charge in [-0.15, -0.1) is 0 Å². The van der Waals surface area contributed by atoms with Gasteiger partial charge in [-0.2, -0.15) is 20.1 Å². The van der Waals surface area contributed by atoms with Crippen molar-refractivity contribution in [3.63, 3.8) is 0 Å². The van der Waals surface area contributed by atoms with E-state index in [0.29, 0.717) is 11.4 Å². The number of nitriles is 1. The van der Waals surface area contributed by atoms with E-state index >= 15 is 0 Å². The van der Waals surface area contributed by atoms with Crippen LogP contribution in [0.15, 0.2) is 58.4 Å². The Kier molecular flexibility index (Phi) is 6.65. The van der Waals surface area contributed by atoms with Crippen molar-refractivity contribution < 1.29 is 9.53 Å². The number of aromatic nitrogens is 2. The average molecular weight is 430 g/mol. The van der Waals surface area contributed by atoms with E-state index in [9.17, 15) is 14.9 Å². The molecule has 162 valence electrons. The summed E-state index contributed by atoms with van der Waals surface area (Å²) in [5, 5.41) is 17.6. The van der Waals surface area contributed by atoms with Gasteiger partial charge in [0, 0.05) is 25.3 Å². The summed E-state index contributed by atoms with van der Waals surface area (Å²) in [4.78, 5) is 27.4. The molecule has 0 saturated heterocycles. The molecule has 0 saturated carbocycles. The normalized spacial score (nSPS) is 10.6. The summed E-state index contributed by atoms with van der Waals surface area (Å²) in [6, 6.07) is 16.0. The maximum atomic E-state index is 12.7. The standard InChI is InChI=1S/C23H22N6O3/c1-15-20(13-24)23(31)29(18-9-11-19(32-4)12-10-18)27-21(15)22(30)26-25-14-16-5-7-17(8-6-16)28(2)3/h5-12,14H,1-4H3,(H,26,30)/b25-14+. The summed E-state index contributed by atoms with van der Waals surface area (Å²) in [5.74, 6) is -0.0391. The second-order valence-corrected chi connectivity index (χ2v) is 7.06. The Bertz CT molecular complexity index is 1250. The lowest BCUT2D eigenvalue weighted by atomic mass is 10.1. The number of carbonyl (C=O) groups is 1. The number of hydrazone groups is 1. The molecule has 1 amide bonds. The molecular formula is C23H22N6O3. The van der Waals surface area contributed by atoms with Crippen LogP contribution >= 0.6 is 0 Å². The number of hydrogen-bond acceptors (Lipinski definition) is 7. The van der Waals surface area contributed by atoms with Crippen molar-refractivity contribution in [2.45, 2.75) is 6.92 Å². The van der Waals surface area contributed by atoms with E-state index in [1.165, 1.54) is 20.2 Å². The summed E-state index contributed by atoms with van der Waals surface area (Å²) in [7, 11) is 5.41. The molecule has 1 N–H and O–H groups in total. The fraction of sp³-hybridized carbons (Fsp3) is 0.174. The van der Waals surface area contributed by atoms with Crippen molar-refractivity contribution in [1.29, 1.82) is 5.26 Å². The number of anilines is 1. The first-order valence-corrected chi connectivity index (χ1v) is 9.65. The smallest absolute Gasteiger partial charge is 0.292 e. The molecule has 0 radical (unpaired) electrons. The predicted molar refractivity (Wildman–Crippen MR) is 122 cm³/mol. The van der Waals surface area contributed by atoms with Crippen LogP contribution in [0.3, 0.4) is 0 Å². The zero-order valence-electron chi connectivity index (χ0n) is 18.2. The van der Waals surface area contributed by atoms with Gasteiger partial charge in [0.2, 0.25) is 0 Å². The lowest BCUT2D eigenvalue weighted by molar-refractivity contribution is 0.0947. The van der Waals surface area contributed by atoms with E-state index in [2.05, 4.69) is 15.6 Å². The van der Waals surface area contributed by atoms with Crippen LogP contribution in [0.4, 0.5) is 5.69 Å². The van der Waals surface area contributed by atoms with Crippen molar-refractivity contribution in [3.05, 3.63) is 81.3 Å². The van der Waals surface area contributed by atoms with E-state index < -0.39 is 11.5 Å². The van der Waals surface area contributed by atoms with Gasteiger partial charge in [0.05, 0.1) is 19.0 Å². The van der Waals surface area contributed by atoms with Crippen LogP contribution in [-0.2, 0) is 0 Å². The Labute approximate surface area is 185 Å². The molecule has 0 unspecified atom stereocenters. The van der Waals surface area contributed by atoms with Crippen LogP contribution < -0.4 is 20.6 Å². The molecule has 0 fully saturated rings. The van der Waals surface area contributed by atoms with Crippen LogP contribution in [-0.4, -0.2) is 43.1 Å². The maximum Gasteiger partial charge on any atom is 0.292 e. The third-order valence-corrected chi connectivity index (χ3v) is 4.77. The second kappa shape index (κ2) is 9.57. The van der Waals surface area contributed by atoms with Gasteiger partial charge in [-0.1, -0.05) is 12.1 Å². The Balaban J connectivity index is 1.89. The molecule has 32 heavy (non-hydrogen) atoms. The fourth-order valence-corrected chi connectivity index (χ4v) is 2.93. The Morgan fingerprint density at radius 2 is 1.84 bits per heavy atom. The van der Waals surface area contributed by atoms with Crippen LogP contribution in [0, 0.1) is 18.3 Å². The molecule has 9 nitrogen and oxygen atoms in total. The van der Waals surface area contributed by atoms with E-state index in [1.54, 1.807) is 24.3 Å². The van der Waals surface area contributed by atoms with Crippen LogP contribution in [0.1, 0.15) is 27.2 Å². The summed E-state index contributed by atoms with van der Waals surface area (Å²) in [6.07, 6.45) is 1.50. The highest BCUT2D eigenvalue weighted by atomic mass is 16.5. The quantitative estimate of drug-likeness (QED) is 0.474. The summed E-state index contributed by atoms with van der Waals surface area (Å²) >= 11 is 0. The molecule has 0 bridgehead atoms. The highest BCUT2D eigenvalue weighted by Gasteiger charge is 2.20. The summed E-state index contributed by atoms with van der Waals surface area (Å²) in [5.41, 5.74) is 3.97. The molecule has 0 atom stereocenters. The van der Waals surface area contributed by atoms with Crippen molar-refractivity contribution in [1.82, 2.24) is 15.2 Å². The van der Waals surface area contributed by atoms with E-state index in [4.69, 9.17) is 4.74 Å².